The van der Waals surface area contributed by atoms with E-state index in [2.05, 4.69) is 64.2 Å². The number of rotatable bonds is 8. The average molecular weight is 351 g/mol. The summed E-state index contributed by atoms with van der Waals surface area (Å²) < 4.78 is 8.57. The SMILES string of the molecule is CC(C)[Si](C(C)C)(C(C)C)n1ccc(BOC(C)(C)C(C)(C)O)c1. The van der Waals surface area contributed by atoms with Gasteiger partial charge in [0.05, 0.1) is 11.2 Å². The Hall–Kier alpha value is -0.518. The van der Waals surface area contributed by atoms with Crippen molar-refractivity contribution in [1.29, 1.82) is 0 Å². The van der Waals surface area contributed by atoms with E-state index in [9.17, 15) is 5.11 Å². The van der Waals surface area contributed by atoms with Crippen molar-refractivity contribution >= 4 is 21.2 Å². The van der Waals surface area contributed by atoms with E-state index in [0.29, 0.717) is 24.1 Å². The zero-order valence-corrected chi connectivity index (χ0v) is 18.5. The van der Waals surface area contributed by atoms with Gasteiger partial charge in [-0.25, -0.2) is 0 Å². The highest BCUT2D eigenvalue weighted by molar-refractivity contribution is 6.82. The lowest BCUT2D eigenvalue weighted by molar-refractivity contribution is -0.0893. The summed E-state index contributed by atoms with van der Waals surface area (Å²) in [6.45, 7) is 21.7. The van der Waals surface area contributed by atoms with E-state index in [4.69, 9.17) is 4.65 Å². The molecule has 0 radical (unpaired) electrons. The van der Waals surface area contributed by atoms with Crippen molar-refractivity contribution in [1.82, 2.24) is 4.23 Å². The summed E-state index contributed by atoms with van der Waals surface area (Å²) in [4.78, 5) is 0. The van der Waals surface area contributed by atoms with Gasteiger partial charge in [0, 0.05) is 0 Å². The van der Waals surface area contributed by atoms with Crippen LogP contribution in [0.3, 0.4) is 0 Å². The van der Waals surface area contributed by atoms with Gasteiger partial charge in [-0.3, -0.25) is 0 Å². The molecule has 0 atom stereocenters. The van der Waals surface area contributed by atoms with E-state index in [0.717, 1.165) is 0 Å². The second-order valence-electron chi connectivity index (χ2n) is 9.14. The van der Waals surface area contributed by atoms with E-state index in [1.54, 1.807) is 13.8 Å². The van der Waals surface area contributed by atoms with Crippen molar-refractivity contribution in [2.24, 2.45) is 0 Å². The van der Waals surface area contributed by atoms with Crippen molar-refractivity contribution in [2.45, 2.75) is 97.1 Å². The molecular weight excluding hydrogens is 313 g/mol. The molecule has 0 bridgehead atoms. The van der Waals surface area contributed by atoms with Crippen LogP contribution in [0.2, 0.25) is 16.6 Å². The molecular formula is C19H38BNO2Si. The minimum Gasteiger partial charge on any atom is -0.427 e. The third-order valence-electron chi connectivity index (χ3n) is 6.05. The molecule has 0 saturated heterocycles. The molecule has 0 aliphatic rings. The van der Waals surface area contributed by atoms with Crippen LogP contribution in [0.5, 0.6) is 0 Å². The molecule has 0 aromatic carbocycles. The Labute approximate surface area is 151 Å². The molecule has 1 aromatic heterocycles. The standard InChI is InChI=1S/C19H38BNO2Si/c1-14(2)24(15(3)4,16(5)6)21-12-11-17(13-21)20-23-19(9,10)18(7,8)22/h11-16,20,22H,1-10H3. The highest BCUT2D eigenvalue weighted by Crippen LogP contribution is 2.42. The normalized spacial score (nSPS) is 14.1. The Morgan fingerprint density at radius 3 is 1.83 bits per heavy atom. The topological polar surface area (TPSA) is 34.4 Å². The van der Waals surface area contributed by atoms with Gasteiger partial charge in [0.2, 0.25) is 0 Å². The van der Waals surface area contributed by atoms with Crippen molar-refractivity contribution in [3.05, 3.63) is 18.5 Å². The van der Waals surface area contributed by atoms with E-state index in [1.807, 2.05) is 13.8 Å². The van der Waals surface area contributed by atoms with E-state index >= 15 is 0 Å². The first-order valence-corrected chi connectivity index (χ1v) is 11.5. The number of hydrogen-bond donors (Lipinski definition) is 1. The Morgan fingerprint density at radius 1 is 1.00 bits per heavy atom. The Morgan fingerprint density at radius 2 is 1.46 bits per heavy atom. The summed E-state index contributed by atoms with van der Waals surface area (Å²) in [5.74, 6) is 0. The highest BCUT2D eigenvalue weighted by Gasteiger charge is 2.45. The van der Waals surface area contributed by atoms with E-state index in [-0.39, 0.29) is 0 Å². The fourth-order valence-corrected chi connectivity index (χ4v) is 10.6. The fraction of sp³-hybridized carbons (Fsp3) is 0.789. The number of nitrogens with zero attached hydrogens (tertiary/aromatic N) is 1. The third-order valence-corrected chi connectivity index (χ3v) is 12.8. The molecule has 0 amide bonds. The zero-order chi connectivity index (χ0) is 18.9. The summed E-state index contributed by atoms with van der Waals surface area (Å²) >= 11 is 0. The van der Waals surface area contributed by atoms with Crippen LogP contribution in [-0.2, 0) is 4.65 Å². The van der Waals surface area contributed by atoms with Crippen LogP contribution in [0.15, 0.2) is 18.5 Å². The van der Waals surface area contributed by atoms with Gasteiger partial charge >= 0.3 is 7.48 Å². The monoisotopic (exact) mass is 351 g/mol. The molecule has 0 spiro atoms. The Kier molecular flexibility index (Phi) is 6.62. The summed E-state index contributed by atoms with van der Waals surface area (Å²) in [6.07, 6.45) is 4.54. The smallest absolute Gasteiger partial charge is 0.310 e. The molecule has 1 rings (SSSR count). The van der Waals surface area contributed by atoms with Gasteiger partial charge < -0.3 is 14.0 Å². The largest absolute Gasteiger partial charge is 0.427 e. The van der Waals surface area contributed by atoms with Crippen LogP contribution in [0, 0.1) is 0 Å². The summed E-state index contributed by atoms with van der Waals surface area (Å²) in [5.41, 5.74) is 1.75. The van der Waals surface area contributed by atoms with E-state index in [1.165, 1.54) is 5.46 Å². The predicted molar refractivity (Wildman–Crippen MR) is 109 cm³/mol. The highest BCUT2D eigenvalue weighted by atomic mass is 28.3. The van der Waals surface area contributed by atoms with Crippen LogP contribution < -0.4 is 5.46 Å². The van der Waals surface area contributed by atoms with Crippen LogP contribution in [0.1, 0.15) is 69.2 Å². The number of aromatic nitrogens is 1. The van der Waals surface area contributed by atoms with Crippen LogP contribution in [-0.4, -0.2) is 36.3 Å². The minimum absolute atomic E-state index is 0.531. The van der Waals surface area contributed by atoms with Crippen molar-refractivity contribution in [2.75, 3.05) is 0 Å². The number of aliphatic hydroxyl groups is 1. The summed E-state index contributed by atoms with van der Waals surface area (Å²) in [6, 6.07) is 2.18. The molecule has 0 saturated carbocycles. The molecule has 0 fully saturated rings. The zero-order valence-electron chi connectivity index (χ0n) is 17.5. The van der Waals surface area contributed by atoms with Crippen LogP contribution >= 0.6 is 0 Å². The van der Waals surface area contributed by atoms with Gasteiger partial charge in [-0.2, -0.15) is 0 Å². The lowest BCUT2D eigenvalue weighted by Crippen LogP contribution is -2.51. The maximum atomic E-state index is 10.3. The lowest BCUT2D eigenvalue weighted by atomic mass is 9.84. The minimum atomic E-state index is -1.68. The molecule has 0 aliphatic heterocycles. The Bertz CT molecular complexity index is 508. The average Bonchev–Trinajstić information content (AvgIpc) is 2.83. The molecule has 1 aromatic rings. The second-order valence-corrected chi connectivity index (χ2v) is 14.9. The first-order chi connectivity index (χ1) is 10.8. The van der Waals surface area contributed by atoms with Crippen molar-refractivity contribution in [3.8, 4) is 0 Å². The quantitative estimate of drug-likeness (QED) is 0.717. The molecule has 3 nitrogen and oxygen atoms in total. The summed E-state index contributed by atoms with van der Waals surface area (Å²) in [7, 11) is -1.15. The lowest BCUT2D eigenvalue weighted by Gasteiger charge is -2.44. The maximum absolute atomic E-state index is 10.3. The molecule has 0 unspecified atom stereocenters. The molecule has 0 aliphatic carbocycles. The van der Waals surface area contributed by atoms with Gasteiger partial charge in [-0.15, -0.1) is 0 Å². The van der Waals surface area contributed by atoms with Crippen molar-refractivity contribution in [3.63, 3.8) is 0 Å². The predicted octanol–water partition coefficient (Wildman–Crippen LogP) is 4.05. The van der Waals surface area contributed by atoms with Gasteiger partial charge in [0.25, 0.3) is 0 Å². The molecule has 138 valence electrons. The molecule has 24 heavy (non-hydrogen) atoms. The van der Waals surface area contributed by atoms with Gasteiger partial charge in [0.1, 0.15) is 0 Å². The maximum Gasteiger partial charge on any atom is 0.310 e. The van der Waals surface area contributed by atoms with E-state index < -0.39 is 19.4 Å². The van der Waals surface area contributed by atoms with Crippen molar-refractivity contribution < 1.29 is 9.76 Å². The van der Waals surface area contributed by atoms with Crippen LogP contribution in [0.4, 0.5) is 0 Å². The first kappa shape index (κ1) is 21.5. The summed E-state index contributed by atoms with van der Waals surface area (Å²) in [5, 5.41) is 10.3. The van der Waals surface area contributed by atoms with Gasteiger partial charge in [-0.1, -0.05) is 41.5 Å². The Balaban J connectivity index is 3.07. The second kappa shape index (κ2) is 7.38. The van der Waals surface area contributed by atoms with Crippen LogP contribution in [0.25, 0.3) is 0 Å². The van der Waals surface area contributed by atoms with Gasteiger partial charge in [-0.05, 0) is 68.2 Å². The molecule has 5 heteroatoms. The fourth-order valence-electron chi connectivity index (χ4n) is 4.10. The van der Waals surface area contributed by atoms with Gasteiger partial charge in [0.15, 0.2) is 8.24 Å². The number of hydrogen-bond acceptors (Lipinski definition) is 2. The third kappa shape index (κ3) is 4.00. The first-order valence-electron chi connectivity index (χ1n) is 9.30. The molecule has 1 heterocycles. The molecule has 1 N–H and O–H groups in total.